The number of aromatic carboxylic acids is 1. The Labute approximate surface area is 102 Å². The Morgan fingerprint density at radius 3 is 2.38 bits per heavy atom. The minimum absolute atomic E-state index is 0.0834. The molecule has 7 heteroatoms. The summed E-state index contributed by atoms with van der Waals surface area (Å²) < 4.78 is 24.7. The molecule has 1 aromatic carbocycles. The molecule has 0 aromatic heterocycles. The Balaban J connectivity index is 3.40. The van der Waals surface area contributed by atoms with Crippen molar-refractivity contribution in [1.29, 1.82) is 0 Å². The van der Waals surface area contributed by atoms with E-state index in [2.05, 4.69) is 15.9 Å². The number of sulfonamides is 1. The van der Waals surface area contributed by atoms with Crippen LogP contribution in [0, 0.1) is 0 Å². The van der Waals surface area contributed by atoms with Gasteiger partial charge in [0.15, 0.2) is 0 Å². The predicted octanol–water partition coefficient (Wildman–Crippen LogP) is 0.0629. The summed E-state index contributed by atoms with van der Waals surface area (Å²) in [6.07, 6.45) is 0. The van der Waals surface area contributed by atoms with Crippen LogP contribution in [0.1, 0.15) is 10.4 Å². The van der Waals surface area contributed by atoms with E-state index >= 15 is 0 Å². The summed E-state index contributed by atoms with van der Waals surface area (Å²) in [5, 5.41) is 10.7. The molecule has 0 N–H and O–H groups in total. The van der Waals surface area contributed by atoms with E-state index in [1.54, 1.807) is 0 Å². The minimum Gasteiger partial charge on any atom is -0.545 e. The summed E-state index contributed by atoms with van der Waals surface area (Å²) in [7, 11) is -0.886. The maximum Gasteiger partial charge on any atom is 0.242 e. The second-order valence-corrected chi connectivity index (χ2v) is 6.22. The van der Waals surface area contributed by atoms with Crippen LogP contribution in [0.5, 0.6) is 0 Å². The second kappa shape index (κ2) is 4.52. The molecule has 0 atom stereocenters. The average molecular weight is 307 g/mol. The lowest BCUT2D eigenvalue weighted by Gasteiger charge is -2.13. The Morgan fingerprint density at radius 2 is 1.94 bits per heavy atom. The molecule has 5 nitrogen and oxygen atoms in total. The third kappa shape index (κ3) is 2.42. The van der Waals surface area contributed by atoms with Crippen LogP contribution in [-0.2, 0) is 10.0 Å². The first-order chi connectivity index (χ1) is 7.26. The molecule has 0 saturated heterocycles. The fourth-order valence-electron chi connectivity index (χ4n) is 1.03. The maximum absolute atomic E-state index is 11.7. The quantitative estimate of drug-likeness (QED) is 0.791. The van der Waals surface area contributed by atoms with E-state index in [1.807, 2.05) is 0 Å². The van der Waals surface area contributed by atoms with Gasteiger partial charge in [-0.05, 0) is 18.2 Å². The highest BCUT2D eigenvalue weighted by molar-refractivity contribution is 9.10. The van der Waals surface area contributed by atoms with Gasteiger partial charge in [-0.15, -0.1) is 0 Å². The van der Waals surface area contributed by atoms with Crippen molar-refractivity contribution in [3.63, 3.8) is 0 Å². The van der Waals surface area contributed by atoms with Crippen LogP contribution in [0.15, 0.2) is 27.6 Å². The number of carbonyl (C=O) groups is 1. The van der Waals surface area contributed by atoms with Crippen LogP contribution in [0.2, 0.25) is 0 Å². The number of carbonyl (C=O) groups excluding carboxylic acids is 1. The van der Waals surface area contributed by atoms with Gasteiger partial charge in [0.25, 0.3) is 0 Å². The zero-order chi connectivity index (χ0) is 12.5. The Morgan fingerprint density at radius 1 is 1.38 bits per heavy atom. The number of halogens is 1. The van der Waals surface area contributed by atoms with Crippen LogP contribution < -0.4 is 5.11 Å². The number of benzene rings is 1. The maximum atomic E-state index is 11.7. The van der Waals surface area contributed by atoms with E-state index in [1.165, 1.54) is 26.2 Å². The van der Waals surface area contributed by atoms with Gasteiger partial charge in [0.05, 0.1) is 10.9 Å². The minimum atomic E-state index is -3.63. The molecule has 0 unspecified atom stereocenters. The molecule has 0 saturated carbocycles. The van der Waals surface area contributed by atoms with Crippen LogP contribution >= 0.6 is 15.9 Å². The smallest absolute Gasteiger partial charge is 0.242 e. The molecule has 16 heavy (non-hydrogen) atoms. The van der Waals surface area contributed by atoms with Crippen molar-refractivity contribution in [2.45, 2.75) is 4.90 Å². The largest absolute Gasteiger partial charge is 0.545 e. The van der Waals surface area contributed by atoms with Crippen molar-refractivity contribution in [2.24, 2.45) is 0 Å². The summed E-state index contributed by atoms with van der Waals surface area (Å²) in [5.41, 5.74) is -0.192. The molecule has 0 amide bonds. The summed E-state index contributed by atoms with van der Waals surface area (Å²) in [5.74, 6) is -1.43. The van der Waals surface area contributed by atoms with Crippen molar-refractivity contribution < 1.29 is 18.3 Å². The highest BCUT2D eigenvalue weighted by atomic mass is 79.9. The summed E-state index contributed by atoms with van der Waals surface area (Å²) in [4.78, 5) is 10.6. The van der Waals surface area contributed by atoms with Gasteiger partial charge in [-0.25, -0.2) is 12.7 Å². The number of rotatable bonds is 3. The van der Waals surface area contributed by atoms with Gasteiger partial charge >= 0.3 is 0 Å². The van der Waals surface area contributed by atoms with Crippen molar-refractivity contribution in [3.05, 3.63) is 28.2 Å². The number of carboxylic acid groups (broad SMARTS) is 1. The van der Waals surface area contributed by atoms with Gasteiger partial charge in [-0.3, -0.25) is 0 Å². The molecule has 1 aromatic rings. The molecule has 1 rings (SSSR count). The summed E-state index contributed by atoms with van der Waals surface area (Å²) in [6.45, 7) is 0. The van der Waals surface area contributed by atoms with Crippen LogP contribution in [0.3, 0.4) is 0 Å². The van der Waals surface area contributed by atoms with Gasteiger partial charge in [0.1, 0.15) is 0 Å². The zero-order valence-corrected chi connectivity index (χ0v) is 11.0. The third-order valence-corrected chi connectivity index (χ3v) is 4.44. The first-order valence-corrected chi connectivity index (χ1v) is 6.43. The first kappa shape index (κ1) is 13.1. The summed E-state index contributed by atoms with van der Waals surface area (Å²) >= 11 is 3.01. The van der Waals surface area contributed by atoms with Crippen LogP contribution in [-0.4, -0.2) is 32.8 Å². The fraction of sp³-hybridized carbons (Fsp3) is 0.222. The van der Waals surface area contributed by atoms with Crippen LogP contribution in [0.4, 0.5) is 0 Å². The molecule has 0 aliphatic rings. The highest BCUT2D eigenvalue weighted by Gasteiger charge is 2.18. The molecule has 0 aliphatic carbocycles. The first-order valence-electron chi connectivity index (χ1n) is 4.20. The van der Waals surface area contributed by atoms with E-state index in [0.717, 1.165) is 10.4 Å². The predicted molar refractivity (Wildman–Crippen MR) is 59.3 cm³/mol. The molecule has 0 bridgehead atoms. The van der Waals surface area contributed by atoms with Crippen molar-refractivity contribution >= 4 is 31.9 Å². The number of hydrogen-bond acceptors (Lipinski definition) is 4. The molecule has 0 radical (unpaired) electrons. The van der Waals surface area contributed by atoms with E-state index in [-0.39, 0.29) is 14.9 Å². The van der Waals surface area contributed by atoms with Gasteiger partial charge in [-0.1, -0.05) is 15.9 Å². The molecule has 0 heterocycles. The van der Waals surface area contributed by atoms with Crippen molar-refractivity contribution in [2.75, 3.05) is 14.1 Å². The molecule has 0 aliphatic heterocycles. The van der Waals surface area contributed by atoms with Gasteiger partial charge in [0.2, 0.25) is 10.0 Å². The molecular formula is C9H9BrNO4S-. The SMILES string of the molecule is CN(C)S(=O)(=O)c1ccc(Br)c(C(=O)[O-])c1. The molecule has 0 fully saturated rings. The lowest BCUT2D eigenvalue weighted by Crippen LogP contribution is -2.25. The van der Waals surface area contributed by atoms with Gasteiger partial charge < -0.3 is 9.90 Å². The Kier molecular flexibility index (Phi) is 3.72. The Bertz CT molecular complexity index is 524. The monoisotopic (exact) mass is 306 g/mol. The topological polar surface area (TPSA) is 77.5 Å². The molecular weight excluding hydrogens is 298 g/mol. The molecule has 88 valence electrons. The van der Waals surface area contributed by atoms with Gasteiger partial charge in [0, 0.05) is 24.1 Å². The summed E-state index contributed by atoms with van der Waals surface area (Å²) in [6, 6.07) is 3.75. The van der Waals surface area contributed by atoms with Crippen molar-refractivity contribution in [1.82, 2.24) is 4.31 Å². The number of nitrogens with zero attached hydrogens (tertiary/aromatic N) is 1. The number of carboxylic acids is 1. The van der Waals surface area contributed by atoms with Crippen molar-refractivity contribution in [3.8, 4) is 0 Å². The molecule has 0 spiro atoms. The fourth-order valence-corrected chi connectivity index (χ4v) is 2.37. The average Bonchev–Trinajstić information content (AvgIpc) is 2.17. The van der Waals surface area contributed by atoms with E-state index in [0.29, 0.717) is 0 Å². The Hall–Kier alpha value is -0.920. The highest BCUT2D eigenvalue weighted by Crippen LogP contribution is 2.21. The number of hydrogen-bond donors (Lipinski definition) is 0. The second-order valence-electron chi connectivity index (χ2n) is 3.22. The van der Waals surface area contributed by atoms with E-state index in [9.17, 15) is 18.3 Å². The van der Waals surface area contributed by atoms with E-state index in [4.69, 9.17) is 0 Å². The standard InChI is InChI=1S/C9H10BrNO4S/c1-11(2)16(14,15)6-3-4-8(10)7(5-6)9(12)13/h3-5H,1-2H3,(H,12,13)/p-1. The van der Waals surface area contributed by atoms with Gasteiger partial charge in [-0.2, -0.15) is 0 Å². The zero-order valence-electron chi connectivity index (χ0n) is 8.60. The lowest BCUT2D eigenvalue weighted by atomic mass is 10.2. The normalized spacial score (nSPS) is 11.8. The lowest BCUT2D eigenvalue weighted by molar-refractivity contribution is -0.255. The van der Waals surface area contributed by atoms with Crippen LogP contribution in [0.25, 0.3) is 0 Å². The third-order valence-electron chi connectivity index (χ3n) is 1.94. The van der Waals surface area contributed by atoms with E-state index < -0.39 is 16.0 Å².